The van der Waals surface area contributed by atoms with Crippen LogP contribution in [0.1, 0.15) is 52.7 Å². The third-order valence-electron chi connectivity index (χ3n) is 9.58. The Morgan fingerprint density at radius 1 is 0.686 bits per heavy atom. The summed E-state index contributed by atoms with van der Waals surface area (Å²) in [6.07, 6.45) is 8.39. The van der Waals surface area contributed by atoms with Crippen LogP contribution in [0.15, 0.2) is 84.9 Å². The molecule has 1 N–H and O–H groups in total. The highest BCUT2D eigenvalue weighted by molar-refractivity contribution is 6.13. The van der Waals surface area contributed by atoms with E-state index in [9.17, 15) is 4.79 Å². The number of unbranched alkanes of at least 4 members (excludes halogenated alkanes) is 1. The number of anilines is 2. The van der Waals surface area contributed by atoms with Gasteiger partial charge in [0.1, 0.15) is 5.75 Å². The van der Waals surface area contributed by atoms with Crippen molar-refractivity contribution in [1.82, 2.24) is 14.7 Å². The summed E-state index contributed by atoms with van der Waals surface area (Å²) in [7, 11) is 14.1. The molecule has 1 aliphatic heterocycles. The molecule has 0 bridgehead atoms. The molecule has 8 heteroatoms. The van der Waals surface area contributed by atoms with Gasteiger partial charge in [-0.3, -0.25) is 0 Å². The fraction of sp³-hybridized carbons (Fsp3) is 0.419. The van der Waals surface area contributed by atoms with Crippen molar-refractivity contribution in [1.29, 1.82) is 0 Å². The highest BCUT2D eigenvalue weighted by atomic mass is 16.5. The topological polar surface area (TPSA) is 60.5 Å². The van der Waals surface area contributed by atoms with Crippen LogP contribution in [0.4, 0.5) is 11.4 Å². The van der Waals surface area contributed by atoms with Gasteiger partial charge in [-0.15, -0.1) is 0 Å². The van der Waals surface area contributed by atoms with Gasteiger partial charge in [0.15, 0.2) is 5.60 Å². The van der Waals surface area contributed by atoms with Gasteiger partial charge in [0.25, 0.3) is 0 Å². The monoisotopic (exact) mass is 691 g/mol. The Morgan fingerprint density at radius 2 is 1.25 bits per heavy atom. The number of fused-ring (bicyclic) bond motifs is 3. The van der Waals surface area contributed by atoms with E-state index in [1.807, 2.05) is 24.3 Å². The van der Waals surface area contributed by atoms with Crippen molar-refractivity contribution < 1.29 is 14.3 Å². The van der Waals surface area contributed by atoms with E-state index in [1.165, 1.54) is 7.11 Å². The minimum absolute atomic E-state index is 0.362. The SMILES string of the molecule is COC(=O)c1c2c(c3ccccc3c1N(CCCN(C)C)CCCN(C)C)OC(c1ccccc1)(c1ccc(NCCCCN(C)C)cc1)C=C2. The van der Waals surface area contributed by atoms with Crippen LogP contribution in [-0.2, 0) is 10.3 Å². The largest absolute Gasteiger partial charge is 0.472 e. The quantitative estimate of drug-likeness (QED) is 0.0854. The fourth-order valence-electron chi connectivity index (χ4n) is 6.99. The summed E-state index contributed by atoms with van der Waals surface area (Å²) in [5.41, 5.74) is 4.41. The highest BCUT2D eigenvalue weighted by Crippen LogP contribution is 2.49. The van der Waals surface area contributed by atoms with Crippen LogP contribution in [0.25, 0.3) is 16.8 Å². The van der Waals surface area contributed by atoms with E-state index in [-0.39, 0.29) is 5.97 Å². The second-order valence-corrected chi connectivity index (χ2v) is 14.4. The predicted molar refractivity (Wildman–Crippen MR) is 213 cm³/mol. The van der Waals surface area contributed by atoms with Crippen LogP contribution in [-0.4, -0.2) is 109 Å². The maximum atomic E-state index is 14.0. The standard InChI is InChI=1S/C43H57N5O3/c1-45(2)28-14-13-27-44-35-23-21-34(22-24-35)43(33-17-9-8-10-18-33)26-25-38-39(42(49)50-7)40(36-19-11-12-20-37(36)41(38)51-43)48(31-15-29-46(3)4)32-16-30-47(5)6/h8-12,17-26,44H,13-16,27-32H2,1-7H3. The van der Waals surface area contributed by atoms with Gasteiger partial charge < -0.3 is 34.4 Å². The summed E-state index contributed by atoms with van der Waals surface area (Å²) in [5, 5.41) is 5.54. The van der Waals surface area contributed by atoms with Gasteiger partial charge in [0.2, 0.25) is 0 Å². The number of esters is 1. The number of methoxy groups -OCH3 is 1. The molecular formula is C43H57N5O3. The predicted octanol–water partition coefficient (Wildman–Crippen LogP) is 7.44. The van der Waals surface area contributed by atoms with Crippen molar-refractivity contribution in [2.45, 2.75) is 31.3 Å². The van der Waals surface area contributed by atoms with E-state index in [2.05, 4.69) is 134 Å². The van der Waals surface area contributed by atoms with Gasteiger partial charge in [0.05, 0.1) is 18.4 Å². The Labute approximate surface area is 305 Å². The van der Waals surface area contributed by atoms with Gasteiger partial charge in [0, 0.05) is 52.8 Å². The maximum Gasteiger partial charge on any atom is 0.340 e. The molecule has 0 amide bonds. The van der Waals surface area contributed by atoms with Gasteiger partial charge >= 0.3 is 5.97 Å². The maximum absolute atomic E-state index is 14.0. The van der Waals surface area contributed by atoms with Crippen molar-refractivity contribution in [2.24, 2.45) is 0 Å². The summed E-state index contributed by atoms with van der Waals surface area (Å²) in [6.45, 7) is 5.54. The van der Waals surface area contributed by atoms with Crippen molar-refractivity contribution in [3.63, 3.8) is 0 Å². The number of benzene rings is 4. The smallest absolute Gasteiger partial charge is 0.340 e. The van der Waals surface area contributed by atoms with Crippen LogP contribution in [0.3, 0.4) is 0 Å². The van der Waals surface area contributed by atoms with Crippen LogP contribution >= 0.6 is 0 Å². The second-order valence-electron chi connectivity index (χ2n) is 14.4. The molecular weight excluding hydrogens is 635 g/mol. The second kappa shape index (κ2) is 17.7. The number of nitrogens with zero attached hydrogens (tertiary/aromatic N) is 4. The van der Waals surface area contributed by atoms with Crippen molar-refractivity contribution in [3.05, 3.63) is 107 Å². The molecule has 1 heterocycles. The van der Waals surface area contributed by atoms with Gasteiger partial charge in [-0.1, -0.05) is 66.7 Å². The average molecular weight is 692 g/mol. The molecule has 0 aromatic heterocycles. The molecule has 1 unspecified atom stereocenters. The van der Waals surface area contributed by atoms with Crippen molar-refractivity contribution >= 4 is 34.2 Å². The lowest BCUT2D eigenvalue weighted by Gasteiger charge is -2.38. The van der Waals surface area contributed by atoms with Crippen LogP contribution in [0.2, 0.25) is 0 Å². The lowest BCUT2D eigenvalue weighted by Crippen LogP contribution is -2.35. The zero-order valence-electron chi connectivity index (χ0n) is 31.7. The summed E-state index contributed by atoms with van der Waals surface area (Å²) in [5.74, 6) is 0.324. The number of nitrogens with one attached hydrogen (secondary N) is 1. The minimum atomic E-state index is -0.909. The number of hydrogen-bond donors (Lipinski definition) is 1. The molecule has 0 fully saturated rings. The van der Waals surface area contributed by atoms with Crippen LogP contribution in [0, 0.1) is 0 Å². The van der Waals surface area contributed by atoms with E-state index < -0.39 is 5.60 Å². The van der Waals surface area contributed by atoms with Gasteiger partial charge in [-0.2, -0.15) is 0 Å². The van der Waals surface area contributed by atoms with E-state index >= 15 is 0 Å². The number of rotatable bonds is 18. The highest BCUT2D eigenvalue weighted by Gasteiger charge is 2.40. The molecule has 0 saturated heterocycles. The molecule has 0 saturated carbocycles. The normalized spacial score (nSPS) is 15.3. The summed E-state index contributed by atoms with van der Waals surface area (Å²) < 4.78 is 12.9. The molecule has 4 aromatic rings. The Bertz CT molecular complexity index is 1740. The summed E-state index contributed by atoms with van der Waals surface area (Å²) in [4.78, 5) is 23.0. The Hall–Kier alpha value is -4.37. The van der Waals surface area contributed by atoms with Gasteiger partial charge in [-0.05, 0) is 112 Å². The lowest BCUT2D eigenvalue weighted by molar-refractivity contribution is 0.0599. The van der Waals surface area contributed by atoms with E-state index in [0.717, 1.165) is 104 Å². The Morgan fingerprint density at radius 3 is 1.86 bits per heavy atom. The molecule has 4 aromatic carbocycles. The lowest BCUT2D eigenvalue weighted by atomic mass is 9.82. The molecule has 0 spiro atoms. The number of ether oxygens (including phenoxy) is 2. The molecule has 272 valence electrons. The summed E-state index contributed by atoms with van der Waals surface area (Å²) >= 11 is 0. The molecule has 8 nitrogen and oxygen atoms in total. The van der Waals surface area contributed by atoms with E-state index in [1.54, 1.807) is 0 Å². The number of carbonyl (C=O) groups excluding carboxylic acids is 1. The molecule has 1 atom stereocenters. The minimum Gasteiger partial charge on any atom is -0.472 e. The van der Waals surface area contributed by atoms with Crippen molar-refractivity contribution in [3.8, 4) is 5.75 Å². The van der Waals surface area contributed by atoms with Crippen molar-refractivity contribution in [2.75, 3.05) is 98.9 Å². The third-order valence-corrected chi connectivity index (χ3v) is 9.58. The first-order valence-corrected chi connectivity index (χ1v) is 18.3. The molecule has 5 rings (SSSR count). The molecule has 51 heavy (non-hydrogen) atoms. The van der Waals surface area contributed by atoms with E-state index in [4.69, 9.17) is 9.47 Å². The summed E-state index contributed by atoms with van der Waals surface area (Å²) in [6, 6.07) is 27.3. The first-order valence-electron chi connectivity index (χ1n) is 18.3. The average Bonchev–Trinajstić information content (AvgIpc) is 3.13. The van der Waals surface area contributed by atoms with Gasteiger partial charge in [-0.25, -0.2) is 4.79 Å². The number of hydrogen-bond acceptors (Lipinski definition) is 8. The van der Waals surface area contributed by atoms with Crippen LogP contribution < -0.4 is 15.0 Å². The number of carbonyl (C=O) groups is 1. The zero-order chi connectivity index (χ0) is 36.4. The molecule has 0 aliphatic carbocycles. The first kappa shape index (κ1) is 37.9. The molecule has 1 aliphatic rings. The third kappa shape index (κ3) is 9.11. The van der Waals surface area contributed by atoms with Crippen LogP contribution in [0.5, 0.6) is 5.75 Å². The first-order chi connectivity index (χ1) is 24.6. The Kier molecular flexibility index (Phi) is 13.2. The molecule has 0 radical (unpaired) electrons. The van der Waals surface area contributed by atoms with E-state index in [0.29, 0.717) is 11.3 Å². The zero-order valence-corrected chi connectivity index (χ0v) is 31.7. The fourth-order valence-corrected chi connectivity index (χ4v) is 6.99. The Balaban J connectivity index is 1.61.